The second-order valence-corrected chi connectivity index (χ2v) is 7.46. The maximum Gasteiger partial charge on any atom is 0.261 e. The molecule has 0 aliphatic rings. The first-order valence-electron chi connectivity index (χ1n) is 10.7. The second kappa shape index (κ2) is 10.7. The molecule has 8 nitrogen and oxygen atoms in total. The summed E-state index contributed by atoms with van der Waals surface area (Å²) in [6, 6.07) is 13.4. The van der Waals surface area contributed by atoms with Crippen LogP contribution in [0.2, 0.25) is 0 Å². The highest BCUT2D eigenvalue weighted by Gasteiger charge is 2.17. The molecule has 1 aromatic heterocycles. The zero-order valence-electron chi connectivity index (χ0n) is 19.6. The Labute approximate surface area is 205 Å². The lowest BCUT2D eigenvalue weighted by Gasteiger charge is -2.15. The van der Waals surface area contributed by atoms with E-state index in [1.807, 2.05) is 0 Å². The molecule has 36 heavy (non-hydrogen) atoms. The molecule has 10 heteroatoms. The molecule has 4 aromatic rings. The summed E-state index contributed by atoms with van der Waals surface area (Å²) in [4.78, 5) is 21.1. The van der Waals surface area contributed by atoms with Crippen molar-refractivity contribution in [3.8, 4) is 28.5 Å². The van der Waals surface area contributed by atoms with Gasteiger partial charge in [-0.3, -0.25) is 9.78 Å². The average Bonchev–Trinajstić information content (AvgIpc) is 2.88. The number of hydrogen-bond acceptors (Lipinski definition) is 7. The summed E-state index contributed by atoms with van der Waals surface area (Å²) < 4.78 is 43.8. The van der Waals surface area contributed by atoms with Crippen molar-refractivity contribution < 1.29 is 27.8 Å². The van der Waals surface area contributed by atoms with Crippen LogP contribution in [-0.4, -0.2) is 37.2 Å². The number of rotatable bonds is 8. The first-order chi connectivity index (χ1) is 17.4. The van der Waals surface area contributed by atoms with E-state index in [1.54, 1.807) is 48.8 Å². The van der Waals surface area contributed by atoms with Gasteiger partial charge in [0.2, 0.25) is 5.75 Å². The number of nitrogens with zero attached hydrogens (tertiary/aromatic N) is 2. The van der Waals surface area contributed by atoms with Crippen molar-refractivity contribution in [3.63, 3.8) is 0 Å². The van der Waals surface area contributed by atoms with E-state index < -0.39 is 23.1 Å². The third-order valence-corrected chi connectivity index (χ3v) is 5.20. The molecule has 3 aromatic carbocycles. The van der Waals surface area contributed by atoms with E-state index >= 15 is 0 Å². The number of anilines is 3. The standard InChI is InChI=1S/C26H22F2N4O4/c1-34-21-11-17(12-22(35-2)25(21)36-3)30-23-14-29-13-20(32-23)15-7-9-16(10-8-15)31-26(33)24-18(27)5-4-6-19(24)28/h4-14H,1-3H3,(H,30,32)(H,31,33). The van der Waals surface area contributed by atoms with Crippen molar-refractivity contribution in [1.29, 1.82) is 0 Å². The molecule has 0 aliphatic carbocycles. The smallest absolute Gasteiger partial charge is 0.261 e. The lowest BCUT2D eigenvalue weighted by molar-refractivity contribution is 0.101. The number of amides is 1. The van der Waals surface area contributed by atoms with Gasteiger partial charge in [0.15, 0.2) is 11.5 Å². The molecule has 1 heterocycles. The van der Waals surface area contributed by atoms with E-state index in [2.05, 4.69) is 20.6 Å². The van der Waals surface area contributed by atoms with Crippen LogP contribution in [0, 0.1) is 11.6 Å². The lowest BCUT2D eigenvalue weighted by Crippen LogP contribution is -2.15. The van der Waals surface area contributed by atoms with Crippen LogP contribution in [-0.2, 0) is 0 Å². The fraction of sp³-hybridized carbons (Fsp3) is 0.115. The van der Waals surface area contributed by atoms with Gasteiger partial charge in [-0.25, -0.2) is 13.8 Å². The number of ether oxygens (including phenoxy) is 3. The number of methoxy groups -OCH3 is 3. The Morgan fingerprint density at radius 3 is 2.06 bits per heavy atom. The van der Waals surface area contributed by atoms with Gasteiger partial charge in [-0.2, -0.15) is 0 Å². The Balaban J connectivity index is 1.52. The van der Waals surface area contributed by atoms with E-state index in [9.17, 15) is 13.6 Å². The lowest BCUT2D eigenvalue weighted by atomic mass is 10.1. The number of nitrogens with one attached hydrogen (secondary N) is 2. The van der Waals surface area contributed by atoms with Crippen LogP contribution >= 0.6 is 0 Å². The fourth-order valence-electron chi connectivity index (χ4n) is 3.50. The van der Waals surface area contributed by atoms with Crippen LogP contribution < -0.4 is 24.8 Å². The zero-order chi connectivity index (χ0) is 25.7. The Morgan fingerprint density at radius 2 is 1.47 bits per heavy atom. The Morgan fingerprint density at radius 1 is 0.833 bits per heavy atom. The monoisotopic (exact) mass is 492 g/mol. The first-order valence-corrected chi connectivity index (χ1v) is 10.7. The normalized spacial score (nSPS) is 10.5. The zero-order valence-corrected chi connectivity index (χ0v) is 19.6. The van der Waals surface area contributed by atoms with E-state index in [0.29, 0.717) is 45.7 Å². The van der Waals surface area contributed by atoms with Gasteiger partial charge in [0, 0.05) is 29.1 Å². The maximum absolute atomic E-state index is 13.9. The van der Waals surface area contributed by atoms with Crippen LogP contribution in [0.5, 0.6) is 17.2 Å². The molecule has 184 valence electrons. The number of halogens is 2. The molecule has 0 fully saturated rings. The summed E-state index contributed by atoms with van der Waals surface area (Å²) in [5, 5.41) is 5.66. The molecule has 0 unspecified atom stereocenters. The molecular formula is C26H22F2N4O4. The number of carbonyl (C=O) groups is 1. The molecule has 2 N–H and O–H groups in total. The van der Waals surface area contributed by atoms with Gasteiger partial charge in [-0.05, 0) is 24.3 Å². The van der Waals surface area contributed by atoms with Gasteiger partial charge < -0.3 is 24.8 Å². The van der Waals surface area contributed by atoms with Gasteiger partial charge in [0.25, 0.3) is 5.91 Å². The topological polar surface area (TPSA) is 94.6 Å². The molecular weight excluding hydrogens is 470 g/mol. The van der Waals surface area contributed by atoms with Crippen molar-refractivity contribution in [2.75, 3.05) is 32.0 Å². The summed E-state index contributed by atoms with van der Waals surface area (Å²) >= 11 is 0. The summed E-state index contributed by atoms with van der Waals surface area (Å²) in [7, 11) is 4.58. The highest BCUT2D eigenvalue weighted by Crippen LogP contribution is 2.40. The molecule has 0 saturated heterocycles. The summed E-state index contributed by atoms with van der Waals surface area (Å²) in [5.41, 5.74) is 1.65. The Bertz CT molecular complexity index is 1350. The number of hydrogen-bond donors (Lipinski definition) is 2. The van der Waals surface area contributed by atoms with Crippen molar-refractivity contribution in [2.24, 2.45) is 0 Å². The fourth-order valence-corrected chi connectivity index (χ4v) is 3.50. The number of benzene rings is 3. The minimum atomic E-state index is -0.934. The molecule has 1 amide bonds. The predicted molar refractivity (Wildman–Crippen MR) is 131 cm³/mol. The quantitative estimate of drug-likeness (QED) is 0.338. The minimum absolute atomic E-state index is 0.367. The van der Waals surface area contributed by atoms with Crippen molar-refractivity contribution in [3.05, 3.63) is 84.2 Å². The van der Waals surface area contributed by atoms with Crippen molar-refractivity contribution in [1.82, 2.24) is 9.97 Å². The SMILES string of the molecule is COc1cc(Nc2cncc(-c3ccc(NC(=O)c4c(F)cccc4F)cc3)n2)cc(OC)c1OC. The maximum atomic E-state index is 13.9. The van der Waals surface area contributed by atoms with Gasteiger partial charge in [0.05, 0.1) is 39.4 Å². The molecule has 0 spiro atoms. The highest BCUT2D eigenvalue weighted by molar-refractivity contribution is 6.04. The molecule has 0 atom stereocenters. The predicted octanol–water partition coefficient (Wildman–Crippen LogP) is 5.44. The van der Waals surface area contributed by atoms with Gasteiger partial charge in [0.1, 0.15) is 23.0 Å². The molecule has 0 bridgehead atoms. The summed E-state index contributed by atoms with van der Waals surface area (Å²) in [6.45, 7) is 0. The molecule has 0 radical (unpaired) electrons. The first kappa shape index (κ1) is 24.4. The molecule has 0 aliphatic heterocycles. The van der Waals surface area contributed by atoms with E-state index in [4.69, 9.17) is 14.2 Å². The minimum Gasteiger partial charge on any atom is -0.493 e. The number of aromatic nitrogens is 2. The van der Waals surface area contributed by atoms with Crippen LogP contribution in [0.3, 0.4) is 0 Å². The van der Waals surface area contributed by atoms with Gasteiger partial charge in [-0.1, -0.05) is 18.2 Å². The summed E-state index contributed by atoms with van der Waals surface area (Å²) in [6.07, 6.45) is 3.15. The third kappa shape index (κ3) is 5.17. The Kier molecular flexibility index (Phi) is 7.24. The van der Waals surface area contributed by atoms with E-state index in [1.165, 1.54) is 27.4 Å². The second-order valence-electron chi connectivity index (χ2n) is 7.46. The van der Waals surface area contributed by atoms with Crippen LogP contribution in [0.15, 0.2) is 67.0 Å². The van der Waals surface area contributed by atoms with Gasteiger partial charge in [-0.15, -0.1) is 0 Å². The average molecular weight is 492 g/mol. The van der Waals surface area contributed by atoms with E-state index in [-0.39, 0.29) is 0 Å². The third-order valence-electron chi connectivity index (χ3n) is 5.20. The van der Waals surface area contributed by atoms with Crippen LogP contribution in [0.25, 0.3) is 11.3 Å². The highest BCUT2D eigenvalue weighted by atomic mass is 19.1. The largest absolute Gasteiger partial charge is 0.493 e. The van der Waals surface area contributed by atoms with Crippen molar-refractivity contribution >= 4 is 23.1 Å². The van der Waals surface area contributed by atoms with Crippen molar-refractivity contribution in [2.45, 2.75) is 0 Å². The Hall–Kier alpha value is -4.73. The summed E-state index contributed by atoms with van der Waals surface area (Å²) in [5.74, 6) is -0.849. The number of carbonyl (C=O) groups excluding carboxylic acids is 1. The van der Waals surface area contributed by atoms with Crippen LogP contribution in [0.1, 0.15) is 10.4 Å². The van der Waals surface area contributed by atoms with Gasteiger partial charge >= 0.3 is 0 Å². The van der Waals surface area contributed by atoms with E-state index in [0.717, 1.165) is 12.1 Å². The molecule has 4 rings (SSSR count). The van der Waals surface area contributed by atoms with Crippen LogP contribution in [0.4, 0.5) is 26.0 Å². The molecule has 0 saturated carbocycles.